The molecule has 0 saturated heterocycles. The van der Waals surface area contributed by atoms with Crippen molar-refractivity contribution >= 4 is 0 Å². The van der Waals surface area contributed by atoms with E-state index in [-0.39, 0.29) is 0 Å². The number of aromatic nitrogens is 6. The zero-order chi connectivity index (χ0) is 72.8. The molecule has 4 aromatic heterocycles. The molecule has 0 aliphatic heterocycles. The van der Waals surface area contributed by atoms with Crippen LogP contribution in [0.4, 0.5) is 0 Å². The van der Waals surface area contributed by atoms with Gasteiger partial charge in [-0.3, -0.25) is 0 Å². The minimum Gasteiger partial charge on any atom is -0.248 e. The summed E-state index contributed by atoms with van der Waals surface area (Å²) in [6.45, 7) is 16.0. The molecule has 0 aliphatic rings. The van der Waals surface area contributed by atoms with Gasteiger partial charge in [0.1, 0.15) is 0 Å². The Kier molecular flexibility index (Phi) is 30.1. The number of pyridine rings is 2. The second-order valence-corrected chi connectivity index (χ2v) is 22.6. The van der Waals surface area contributed by atoms with Gasteiger partial charge in [-0.25, -0.2) is 29.9 Å². The van der Waals surface area contributed by atoms with Crippen molar-refractivity contribution in [3.63, 3.8) is 0 Å². The highest BCUT2D eigenvalue weighted by molar-refractivity contribution is 5.79. The predicted molar refractivity (Wildman–Crippen MR) is 443 cm³/mol. The Morgan fingerprint density at radius 1 is 0.115 bits per heavy atom. The highest BCUT2D eigenvalue weighted by Gasteiger charge is 2.14. The second kappa shape index (κ2) is 41.6. The van der Waals surface area contributed by atoms with E-state index < -0.39 is 0 Å². The van der Waals surface area contributed by atoms with Crippen molar-refractivity contribution in [2.75, 3.05) is 0 Å². The van der Waals surface area contributed by atoms with Gasteiger partial charge in [-0.1, -0.05) is 419 Å². The van der Waals surface area contributed by atoms with Crippen molar-refractivity contribution in [1.29, 1.82) is 0 Å². The third-order valence-corrected chi connectivity index (χ3v) is 15.9. The summed E-state index contributed by atoms with van der Waals surface area (Å²) < 4.78 is 0. The maximum Gasteiger partial charge on any atom is 0.160 e. The molecule has 12 aromatic carbocycles. The number of hydrogen-bond acceptors (Lipinski definition) is 6. The van der Waals surface area contributed by atoms with E-state index >= 15 is 0 Å². The van der Waals surface area contributed by atoms with Crippen LogP contribution in [0.1, 0.15) is 55.4 Å². The number of benzene rings is 12. The van der Waals surface area contributed by atoms with Crippen LogP contribution in [0.25, 0.3) is 135 Å². The van der Waals surface area contributed by atoms with Gasteiger partial charge < -0.3 is 0 Å². The van der Waals surface area contributed by atoms with Crippen LogP contribution in [-0.2, 0) is 0 Å². The first-order valence-electron chi connectivity index (χ1n) is 36.1. The van der Waals surface area contributed by atoms with Gasteiger partial charge in [0.2, 0.25) is 0 Å². The van der Waals surface area contributed by atoms with E-state index in [0.29, 0.717) is 0 Å². The van der Waals surface area contributed by atoms with Gasteiger partial charge in [-0.15, -0.1) is 0 Å². The van der Waals surface area contributed by atoms with Gasteiger partial charge in [-0.2, -0.15) is 0 Å². The van der Waals surface area contributed by atoms with Gasteiger partial charge in [0.25, 0.3) is 0 Å². The topological polar surface area (TPSA) is 77.3 Å². The summed E-state index contributed by atoms with van der Waals surface area (Å²) in [7, 11) is 0. The highest BCUT2D eigenvalue weighted by atomic mass is 14.9. The molecule has 0 atom stereocenters. The van der Waals surface area contributed by atoms with Gasteiger partial charge in [0, 0.05) is 55.6 Å². The van der Waals surface area contributed by atoms with E-state index in [4.69, 9.17) is 29.9 Å². The van der Waals surface area contributed by atoms with Gasteiger partial charge in [0.15, 0.2) is 11.6 Å². The van der Waals surface area contributed by atoms with E-state index in [1.54, 1.807) is 0 Å². The Labute approximate surface area is 617 Å². The first-order chi connectivity index (χ1) is 51.6. The van der Waals surface area contributed by atoms with Crippen molar-refractivity contribution < 1.29 is 0 Å². The summed E-state index contributed by atoms with van der Waals surface area (Å²) in [6.07, 6.45) is 0. The molecule has 0 spiro atoms. The molecule has 0 fully saturated rings. The molecule has 4 heterocycles. The van der Waals surface area contributed by atoms with E-state index in [0.717, 1.165) is 113 Å². The van der Waals surface area contributed by atoms with Crippen LogP contribution in [0.2, 0.25) is 0 Å². The lowest BCUT2D eigenvalue weighted by atomic mass is 10.00. The first-order valence-corrected chi connectivity index (χ1v) is 36.1. The lowest BCUT2D eigenvalue weighted by Crippen LogP contribution is -1.95. The fraction of sp³-hybridized carbons (Fsp3) is 0.0816. The molecule has 512 valence electrons. The van der Waals surface area contributed by atoms with Crippen LogP contribution >= 0.6 is 0 Å². The molecule has 16 rings (SSSR count). The fourth-order valence-electron chi connectivity index (χ4n) is 11.0. The SMILES string of the molecule is CC.CC.CC.CC.c1ccc(-c2cc(-c3ccccc3)nc(-c3ccccc3)c2)cc1.c1ccc(-c2cc(-c3ccccc3)nc(-c3ccccc3)c2)cc1.c1ccc(-c2cc(-c3ccccc3)nc(-c3ccccc3)n2)cc1.c1ccc(-c2cc(-c3ccccc3)nc(-c3ccccc3)n2)cc1. The molecule has 6 nitrogen and oxygen atoms in total. The second-order valence-electron chi connectivity index (χ2n) is 22.6. The normalized spacial score (nSPS) is 9.92. The Balaban J connectivity index is 0.000000156. The molecule has 16 aromatic rings. The average Bonchev–Trinajstić information content (AvgIpc) is 0.828. The minimum absolute atomic E-state index is 0.746. The van der Waals surface area contributed by atoms with Gasteiger partial charge >= 0.3 is 0 Å². The van der Waals surface area contributed by atoms with Crippen LogP contribution in [-0.4, -0.2) is 29.9 Å². The number of rotatable bonds is 12. The summed E-state index contributed by atoms with van der Waals surface area (Å²) in [5, 5.41) is 0. The molecule has 0 unspecified atom stereocenters. The molecule has 6 heteroatoms. The number of nitrogens with zero attached hydrogens (tertiary/aromatic N) is 6. The standard InChI is InChI=1S/2C23H17N.2C22H16N2.4C2H6/c2*1-4-10-18(11-5-1)21-16-22(19-12-6-2-7-13-19)24-23(17-21)20-14-8-3-9-15-20;2*1-4-10-17(11-5-1)20-16-21(18-12-6-2-7-13-18)24-22(23-20)19-14-8-3-9-15-19;4*1-2/h2*1-17H;2*1-16H;4*1-2H3. The van der Waals surface area contributed by atoms with Crippen molar-refractivity contribution in [3.8, 4) is 135 Å². The molecule has 0 aliphatic carbocycles. The zero-order valence-electron chi connectivity index (χ0n) is 60.8. The minimum atomic E-state index is 0.746. The van der Waals surface area contributed by atoms with Crippen LogP contribution in [0, 0.1) is 0 Å². The van der Waals surface area contributed by atoms with E-state index in [9.17, 15) is 0 Å². The fourth-order valence-corrected chi connectivity index (χ4v) is 11.0. The molecule has 0 N–H and O–H groups in total. The number of hydrogen-bond donors (Lipinski definition) is 0. The predicted octanol–water partition coefficient (Wildman–Crippen LogP) is 27.2. The Morgan fingerprint density at radius 2 is 0.240 bits per heavy atom. The Bertz CT molecular complexity index is 3820. The maximum absolute atomic E-state index is 4.90. The van der Waals surface area contributed by atoms with Crippen molar-refractivity contribution in [1.82, 2.24) is 29.9 Å². The maximum atomic E-state index is 4.90. The van der Waals surface area contributed by atoms with Gasteiger partial charge in [0.05, 0.1) is 45.6 Å². The molecular formula is C98H90N6. The van der Waals surface area contributed by atoms with Crippen molar-refractivity contribution in [2.24, 2.45) is 0 Å². The lowest BCUT2D eigenvalue weighted by Gasteiger charge is -2.10. The quantitative estimate of drug-likeness (QED) is 0.121. The largest absolute Gasteiger partial charge is 0.248 e. The Hall–Kier alpha value is -12.9. The van der Waals surface area contributed by atoms with Crippen LogP contribution in [0.5, 0.6) is 0 Å². The lowest BCUT2D eigenvalue weighted by molar-refractivity contribution is 1.18. The summed E-state index contributed by atoms with van der Waals surface area (Å²) in [6, 6.07) is 136. The third kappa shape index (κ3) is 21.6. The van der Waals surface area contributed by atoms with E-state index in [1.165, 1.54) is 22.3 Å². The average molecular weight is 1350 g/mol. The molecule has 0 amide bonds. The van der Waals surface area contributed by atoms with E-state index in [1.807, 2.05) is 274 Å². The van der Waals surface area contributed by atoms with Crippen molar-refractivity contribution in [2.45, 2.75) is 55.4 Å². The summed E-state index contributed by atoms with van der Waals surface area (Å²) in [4.78, 5) is 29.0. The monoisotopic (exact) mass is 1350 g/mol. The molecule has 0 bridgehead atoms. The molecule has 104 heavy (non-hydrogen) atoms. The highest BCUT2D eigenvalue weighted by Crippen LogP contribution is 2.34. The molecule has 0 saturated carbocycles. The van der Waals surface area contributed by atoms with Gasteiger partial charge in [-0.05, 0) is 58.7 Å². The summed E-state index contributed by atoms with van der Waals surface area (Å²) in [5.74, 6) is 1.49. The molecular weight excluding hydrogens is 1260 g/mol. The van der Waals surface area contributed by atoms with Crippen LogP contribution in [0.3, 0.4) is 0 Å². The first kappa shape index (κ1) is 75.3. The Morgan fingerprint density at radius 3 is 0.394 bits per heavy atom. The zero-order valence-corrected chi connectivity index (χ0v) is 60.8. The van der Waals surface area contributed by atoms with E-state index in [2.05, 4.69) is 182 Å². The smallest absolute Gasteiger partial charge is 0.160 e. The summed E-state index contributed by atoms with van der Waals surface area (Å²) in [5.41, 5.74) is 23.4. The van der Waals surface area contributed by atoms with Crippen LogP contribution in [0.15, 0.2) is 400 Å². The third-order valence-electron chi connectivity index (χ3n) is 15.9. The van der Waals surface area contributed by atoms with Crippen LogP contribution < -0.4 is 0 Å². The molecule has 0 radical (unpaired) electrons. The van der Waals surface area contributed by atoms with Crippen molar-refractivity contribution in [3.05, 3.63) is 400 Å². The summed E-state index contributed by atoms with van der Waals surface area (Å²) >= 11 is 0.